The molecule has 4 heterocycles. The number of aryl methyl sites for hydroxylation is 1. The summed E-state index contributed by atoms with van der Waals surface area (Å²) in [5.74, 6) is 2.70. The summed E-state index contributed by atoms with van der Waals surface area (Å²) in [7, 11) is 2.01. The number of hydrogen-bond donors (Lipinski definition) is 1. The van der Waals surface area contributed by atoms with Crippen LogP contribution >= 0.6 is 12.4 Å². The fourth-order valence-corrected chi connectivity index (χ4v) is 2.89. The molecule has 4 rings (SSSR count). The van der Waals surface area contributed by atoms with E-state index in [0.29, 0.717) is 24.0 Å². The predicted octanol–water partition coefficient (Wildman–Crippen LogP) is 1.63. The van der Waals surface area contributed by atoms with Gasteiger partial charge in [0, 0.05) is 39.1 Å². The lowest BCUT2D eigenvalue weighted by atomic mass is 10.1. The van der Waals surface area contributed by atoms with Gasteiger partial charge in [0.25, 0.3) is 0 Å². The number of hydrogen-bond acceptors (Lipinski definition) is 7. The van der Waals surface area contributed by atoms with Crippen LogP contribution in [0.5, 0.6) is 0 Å². The number of piperazine rings is 1. The molecule has 0 radical (unpaired) electrons. The number of imidazole rings is 1. The molecule has 1 saturated heterocycles. The fraction of sp³-hybridized carbons (Fsp3) is 0.400. The van der Waals surface area contributed by atoms with Crippen molar-refractivity contribution in [1.82, 2.24) is 29.9 Å². The molecule has 0 aliphatic carbocycles. The zero-order valence-electron chi connectivity index (χ0n) is 13.3. The molecule has 1 unspecified atom stereocenters. The van der Waals surface area contributed by atoms with Crippen LogP contribution in [0.25, 0.3) is 11.6 Å². The van der Waals surface area contributed by atoms with E-state index in [1.165, 1.54) is 0 Å². The van der Waals surface area contributed by atoms with E-state index in [1.807, 2.05) is 30.1 Å². The van der Waals surface area contributed by atoms with Crippen molar-refractivity contribution >= 4 is 12.4 Å². The lowest BCUT2D eigenvalue weighted by molar-refractivity contribution is 0.128. The average Bonchev–Trinajstić information content (AvgIpc) is 3.29. The van der Waals surface area contributed by atoms with Gasteiger partial charge in [-0.15, -0.1) is 12.4 Å². The minimum absolute atomic E-state index is 0. The van der Waals surface area contributed by atoms with Crippen LogP contribution in [0.1, 0.15) is 17.8 Å². The van der Waals surface area contributed by atoms with E-state index in [4.69, 9.17) is 8.94 Å². The Hall–Kier alpha value is -2.16. The largest absolute Gasteiger partial charge is 0.461 e. The second kappa shape index (κ2) is 7.16. The molecule has 9 heteroatoms. The minimum Gasteiger partial charge on any atom is -0.461 e. The Balaban J connectivity index is 0.00000169. The summed E-state index contributed by atoms with van der Waals surface area (Å²) in [5.41, 5.74) is 0. The van der Waals surface area contributed by atoms with Crippen molar-refractivity contribution in [2.75, 3.05) is 19.6 Å². The van der Waals surface area contributed by atoms with Gasteiger partial charge in [0.15, 0.2) is 5.76 Å². The third-order valence-corrected chi connectivity index (χ3v) is 4.06. The topological polar surface area (TPSA) is 85.2 Å². The number of rotatable bonds is 4. The lowest BCUT2D eigenvalue weighted by Crippen LogP contribution is -2.46. The lowest BCUT2D eigenvalue weighted by Gasteiger charge is -2.34. The van der Waals surface area contributed by atoms with Crippen molar-refractivity contribution in [3.05, 3.63) is 42.5 Å². The summed E-state index contributed by atoms with van der Waals surface area (Å²) in [6.07, 6.45) is 5.38. The van der Waals surface area contributed by atoms with E-state index in [-0.39, 0.29) is 18.4 Å². The van der Waals surface area contributed by atoms with Gasteiger partial charge in [0.2, 0.25) is 11.7 Å². The molecular weight excluding hydrogens is 332 g/mol. The van der Waals surface area contributed by atoms with E-state index < -0.39 is 0 Å². The first-order valence-corrected chi connectivity index (χ1v) is 7.60. The molecule has 0 aromatic carbocycles. The zero-order chi connectivity index (χ0) is 15.6. The summed E-state index contributed by atoms with van der Waals surface area (Å²) in [6.45, 7) is 3.27. The van der Waals surface area contributed by atoms with Gasteiger partial charge in [-0.25, -0.2) is 4.98 Å². The fourth-order valence-electron chi connectivity index (χ4n) is 2.89. The standard InChI is InChI=1S/C15H18N6O2.ClH/c1-20-6-5-17-15(20)11-9-16-4-7-21(11)10-13-18-14(19-23-13)12-3-2-8-22-12;/h2-3,5-6,8,11,16H,4,7,9-10H2,1H3;1H. The molecule has 1 N–H and O–H groups in total. The molecule has 0 spiro atoms. The summed E-state index contributed by atoms with van der Waals surface area (Å²) in [5, 5.41) is 7.40. The Labute approximate surface area is 145 Å². The van der Waals surface area contributed by atoms with Gasteiger partial charge in [-0.1, -0.05) is 5.16 Å². The minimum atomic E-state index is 0. The van der Waals surface area contributed by atoms with Crippen molar-refractivity contribution in [3.8, 4) is 11.6 Å². The van der Waals surface area contributed by atoms with Crippen LogP contribution in [0, 0.1) is 0 Å². The highest BCUT2D eigenvalue weighted by molar-refractivity contribution is 5.85. The SMILES string of the molecule is Cl.Cn1ccnc1C1CNCCN1Cc1nc(-c2ccco2)no1. The van der Waals surface area contributed by atoms with Gasteiger partial charge >= 0.3 is 0 Å². The van der Waals surface area contributed by atoms with Gasteiger partial charge in [-0.05, 0) is 12.1 Å². The van der Waals surface area contributed by atoms with Crippen LogP contribution < -0.4 is 5.32 Å². The molecule has 3 aromatic heterocycles. The third-order valence-electron chi connectivity index (χ3n) is 4.06. The summed E-state index contributed by atoms with van der Waals surface area (Å²) in [4.78, 5) is 11.2. The third kappa shape index (κ3) is 3.21. The normalized spacial score (nSPS) is 18.5. The first-order chi connectivity index (χ1) is 11.3. The van der Waals surface area contributed by atoms with Gasteiger partial charge in [0.1, 0.15) is 5.82 Å². The first-order valence-electron chi connectivity index (χ1n) is 7.60. The van der Waals surface area contributed by atoms with Crippen molar-refractivity contribution in [2.24, 2.45) is 7.05 Å². The molecule has 8 nitrogen and oxygen atoms in total. The van der Waals surface area contributed by atoms with E-state index in [0.717, 1.165) is 25.5 Å². The van der Waals surface area contributed by atoms with Gasteiger partial charge in [-0.2, -0.15) is 4.98 Å². The maximum Gasteiger partial charge on any atom is 0.241 e. The molecule has 1 fully saturated rings. The molecule has 1 atom stereocenters. The Morgan fingerprint density at radius 3 is 3.08 bits per heavy atom. The Bertz CT molecular complexity index is 769. The molecule has 0 saturated carbocycles. The van der Waals surface area contributed by atoms with Crippen LogP contribution in [0.15, 0.2) is 39.7 Å². The van der Waals surface area contributed by atoms with Gasteiger partial charge < -0.3 is 18.8 Å². The molecule has 128 valence electrons. The van der Waals surface area contributed by atoms with Crippen LogP contribution in [-0.2, 0) is 13.6 Å². The average molecular weight is 351 g/mol. The number of nitrogens with one attached hydrogen (secondary N) is 1. The maximum atomic E-state index is 5.38. The zero-order valence-corrected chi connectivity index (χ0v) is 14.1. The second-order valence-corrected chi connectivity index (χ2v) is 5.58. The smallest absolute Gasteiger partial charge is 0.241 e. The molecule has 24 heavy (non-hydrogen) atoms. The number of halogens is 1. The van der Waals surface area contributed by atoms with Crippen molar-refractivity contribution in [3.63, 3.8) is 0 Å². The monoisotopic (exact) mass is 350 g/mol. The van der Waals surface area contributed by atoms with Crippen LogP contribution in [0.3, 0.4) is 0 Å². The molecule has 1 aliphatic rings. The Morgan fingerprint density at radius 1 is 1.42 bits per heavy atom. The highest BCUT2D eigenvalue weighted by Gasteiger charge is 2.28. The van der Waals surface area contributed by atoms with Crippen molar-refractivity contribution < 1.29 is 8.94 Å². The molecular formula is C15H19ClN6O2. The summed E-state index contributed by atoms with van der Waals surface area (Å²) >= 11 is 0. The van der Waals surface area contributed by atoms with E-state index in [9.17, 15) is 0 Å². The summed E-state index contributed by atoms with van der Waals surface area (Å²) < 4.78 is 12.7. The van der Waals surface area contributed by atoms with Crippen molar-refractivity contribution in [2.45, 2.75) is 12.6 Å². The molecule has 1 aliphatic heterocycles. The quantitative estimate of drug-likeness (QED) is 0.765. The number of nitrogens with zero attached hydrogens (tertiary/aromatic N) is 5. The van der Waals surface area contributed by atoms with Crippen LogP contribution in [-0.4, -0.2) is 44.2 Å². The molecule has 3 aromatic rings. The van der Waals surface area contributed by atoms with Gasteiger partial charge in [-0.3, -0.25) is 4.90 Å². The first kappa shape index (κ1) is 16.7. The van der Waals surface area contributed by atoms with Crippen molar-refractivity contribution in [1.29, 1.82) is 0 Å². The van der Waals surface area contributed by atoms with E-state index in [1.54, 1.807) is 12.3 Å². The molecule has 0 bridgehead atoms. The second-order valence-electron chi connectivity index (χ2n) is 5.58. The maximum absolute atomic E-state index is 5.38. The van der Waals surface area contributed by atoms with E-state index >= 15 is 0 Å². The Kier molecular flexibility index (Phi) is 4.98. The predicted molar refractivity (Wildman–Crippen MR) is 88.5 cm³/mol. The van der Waals surface area contributed by atoms with Crippen LogP contribution in [0.2, 0.25) is 0 Å². The Morgan fingerprint density at radius 2 is 2.33 bits per heavy atom. The van der Waals surface area contributed by atoms with Gasteiger partial charge in [0.05, 0.1) is 18.8 Å². The highest BCUT2D eigenvalue weighted by atomic mass is 35.5. The number of aromatic nitrogens is 4. The van der Waals surface area contributed by atoms with Crippen LogP contribution in [0.4, 0.5) is 0 Å². The molecule has 0 amide bonds. The summed E-state index contributed by atoms with van der Waals surface area (Å²) in [6, 6.07) is 3.80. The van der Waals surface area contributed by atoms with E-state index in [2.05, 4.69) is 25.3 Å². The number of furan rings is 1. The highest BCUT2D eigenvalue weighted by Crippen LogP contribution is 2.23.